The summed E-state index contributed by atoms with van der Waals surface area (Å²) in [6.07, 6.45) is 3.39. The fraction of sp³-hybridized carbons (Fsp3) is 0.923. The molecule has 0 aromatic carbocycles. The number of hydrogen-bond acceptors (Lipinski definition) is 4. The number of carbonyl (C=O) groups excluding carboxylic acids is 1. The van der Waals surface area contributed by atoms with Gasteiger partial charge in [-0.15, -0.1) is 0 Å². The van der Waals surface area contributed by atoms with Crippen molar-refractivity contribution in [2.75, 3.05) is 26.2 Å². The van der Waals surface area contributed by atoms with Gasteiger partial charge in [0.25, 0.3) is 0 Å². The molecule has 2 atom stereocenters. The molecule has 0 aromatic heterocycles. The minimum atomic E-state index is -0.153. The van der Waals surface area contributed by atoms with E-state index in [0.29, 0.717) is 12.6 Å². The van der Waals surface area contributed by atoms with Crippen LogP contribution in [0.2, 0.25) is 0 Å². The van der Waals surface area contributed by atoms with Crippen LogP contribution in [0, 0.1) is 0 Å². The van der Waals surface area contributed by atoms with E-state index in [4.69, 9.17) is 4.74 Å². The number of nitrogens with zero attached hydrogens (tertiary/aromatic N) is 1. The Morgan fingerprint density at radius 1 is 1.35 bits per heavy atom. The number of carbonyl (C=O) groups is 1. The summed E-state index contributed by atoms with van der Waals surface area (Å²) in [4.78, 5) is 14.1. The van der Waals surface area contributed by atoms with Crippen LogP contribution in [-0.2, 0) is 9.53 Å². The Morgan fingerprint density at radius 3 is 2.53 bits per heavy atom. The van der Waals surface area contributed by atoms with Crippen LogP contribution < -0.4 is 5.32 Å². The topological polar surface area (TPSA) is 41.6 Å². The smallest absolute Gasteiger partial charge is 0.323 e. The van der Waals surface area contributed by atoms with Gasteiger partial charge in [-0.3, -0.25) is 9.69 Å². The Morgan fingerprint density at radius 2 is 2.00 bits per heavy atom. The summed E-state index contributed by atoms with van der Waals surface area (Å²) < 4.78 is 5.04. The van der Waals surface area contributed by atoms with Gasteiger partial charge in [-0.25, -0.2) is 0 Å². The number of likely N-dealkylation sites (tertiary alicyclic amines) is 1. The number of nitrogens with one attached hydrogen (secondary N) is 1. The first-order valence-electron chi connectivity index (χ1n) is 6.83. The predicted molar refractivity (Wildman–Crippen MR) is 69.0 cm³/mol. The fourth-order valence-corrected chi connectivity index (χ4v) is 2.26. The van der Waals surface area contributed by atoms with E-state index in [2.05, 4.69) is 17.1 Å². The summed E-state index contributed by atoms with van der Waals surface area (Å²) in [5, 5.41) is 3.31. The Labute approximate surface area is 105 Å². The lowest BCUT2D eigenvalue weighted by Gasteiger charge is -2.26. The first kappa shape index (κ1) is 14.5. The molecule has 17 heavy (non-hydrogen) atoms. The first-order chi connectivity index (χ1) is 8.19. The van der Waals surface area contributed by atoms with Crippen molar-refractivity contribution < 1.29 is 9.53 Å². The van der Waals surface area contributed by atoms with Crippen molar-refractivity contribution in [2.24, 2.45) is 0 Å². The van der Waals surface area contributed by atoms with Gasteiger partial charge in [0.05, 0.1) is 6.61 Å². The van der Waals surface area contributed by atoms with Gasteiger partial charge in [-0.2, -0.15) is 0 Å². The first-order valence-corrected chi connectivity index (χ1v) is 6.83. The number of rotatable bonds is 7. The van der Waals surface area contributed by atoms with Crippen LogP contribution in [0.3, 0.4) is 0 Å². The van der Waals surface area contributed by atoms with Crippen LogP contribution >= 0.6 is 0 Å². The summed E-state index contributed by atoms with van der Waals surface area (Å²) in [6.45, 7) is 9.77. The Bertz CT molecular complexity index is 227. The summed E-state index contributed by atoms with van der Waals surface area (Å²) in [5.74, 6) is -0.122. The van der Waals surface area contributed by atoms with Crippen molar-refractivity contribution in [3.05, 3.63) is 0 Å². The highest BCUT2D eigenvalue weighted by molar-refractivity contribution is 5.75. The SMILES string of the molecule is CCOC(=O)C(CC)NCC(C)N1CCCC1. The molecule has 4 nitrogen and oxygen atoms in total. The number of ether oxygens (including phenoxy) is 1. The van der Waals surface area contributed by atoms with Crippen LogP contribution in [0.5, 0.6) is 0 Å². The van der Waals surface area contributed by atoms with Crippen LogP contribution in [-0.4, -0.2) is 49.2 Å². The molecular weight excluding hydrogens is 216 g/mol. The quantitative estimate of drug-likeness (QED) is 0.685. The normalized spacial score (nSPS) is 20.2. The van der Waals surface area contributed by atoms with Gasteiger partial charge >= 0.3 is 5.97 Å². The molecule has 0 aromatic rings. The molecule has 2 unspecified atom stereocenters. The van der Waals surface area contributed by atoms with Crippen LogP contribution in [0.4, 0.5) is 0 Å². The molecule has 0 radical (unpaired) electrons. The monoisotopic (exact) mass is 242 g/mol. The molecule has 1 aliphatic rings. The van der Waals surface area contributed by atoms with E-state index >= 15 is 0 Å². The number of hydrogen-bond donors (Lipinski definition) is 1. The van der Waals surface area contributed by atoms with Crippen molar-refractivity contribution in [3.63, 3.8) is 0 Å². The lowest BCUT2D eigenvalue weighted by molar-refractivity contribution is -0.145. The van der Waals surface area contributed by atoms with Gasteiger partial charge in [0.1, 0.15) is 6.04 Å². The summed E-state index contributed by atoms with van der Waals surface area (Å²) in [5.41, 5.74) is 0. The minimum absolute atomic E-state index is 0.122. The lowest BCUT2D eigenvalue weighted by Crippen LogP contribution is -2.45. The van der Waals surface area contributed by atoms with Gasteiger partial charge in [0.15, 0.2) is 0 Å². The van der Waals surface area contributed by atoms with Crippen molar-refractivity contribution in [1.82, 2.24) is 10.2 Å². The van der Waals surface area contributed by atoms with Crippen molar-refractivity contribution in [2.45, 2.75) is 52.1 Å². The molecule has 0 amide bonds. The molecule has 0 spiro atoms. The number of esters is 1. The van der Waals surface area contributed by atoms with Crippen molar-refractivity contribution in [3.8, 4) is 0 Å². The highest BCUT2D eigenvalue weighted by Crippen LogP contribution is 2.11. The van der Waals surface area contributed by atoms with E-state index in [0.717, 1.165) is 13.0 Å². The molecule has 0 bridgehead atoms. The lowest BCUT2D eigenvalue weighted by atomic mass is 10.2. The van der Waals surface area contributed by atoms with E-state index in [9.17, 15) is 4.79 Å². The van der Waals surface area contributed by atoms with Crippen molar-refractivity contribution >= 4 is 5.97 Å². The second kappa shape index (κ2) is 7.67. The maximum Gasteiger partial charge on any atom is 0.323 e. The third kappa shape index (κ3) is 4.64. The van der Waals surface area contributed by atoms with E-state index < -0.39 is 0 Å². The molecule has 1 saturated heterocycles. The van der Waals surface area contributed by atoms with Gasteiger partial charge in [0, 0.05) is 12.6 Å². The molecule has 100 valence electrons. The zero-order valence-corrected chi connectivity index (χ0v) is 11.4. The highest BCUT2D eigenvalue weighted by atomic mass is 16.5. The molecule has 1 N–H and O–H groups in total. The highest BCUT2D eigenvalue weighted by Gasteiger charge is 2.21. The molecule has 1 aliphatic heterocycles. The van der Waals surface area contributed by atoms with Gasteiger partial charge < -0.3 is 10.1 Å². The second-order valence-corrected chi connectivity index (χ2v) is 4.71. The molecule has 1 fully saturated rings. The summed E-state index contributed by atoms with van der Waals surface area (Å²) in [6, 6.07) is 0.348. The van der Waals surface area contributed by atoms with E-state index in [1.165, 1.54) is 25.9 Å². The second-order valence-electron chi connectivity index (χ2n) is 4.71. The maximum absolute atomic E-state index is 11.6. The average Bonchev–Trinajstić information content (AvgIpc) is 2.83. The van der Waals surface area contributed by atoms with Gasteiger partial charge in [-0.1, -0.05) is 6.92 Å². The molecule has 1 heterocycles. The fourth-order valence-electron chi connectivity index (χ4n) is 2.26. The summed E-state index contributed by atoms with van der Waals surface area (Å²) >= 11 is 0. The zero-order valence-electron chi connectivity index (χ0n) is 11.4. The molecule has 4 heteroatoms. The van der Waals surface area contributed by atoms with Crippen LogP contribution in [0.15, 0.2) is 0 Å². The van der Waals surface area contributed by atoms with E-state index in [1.54, 1.807) is 0 Å². The third-order valence-corrected chi connectivity index (χ3v) is 3.40. The predicted octanol–water partition coefficient (Wildman–Crippen LogP) is 1.40. The molecule has 1 rings (SSSR count). The van der Waals surface area contributed by atoms with Gasteiger partial charge in [0.2, 0.25) is 0 Å². The molecule has 0 saturated carbocycles. The van der Waals surface area contributed by atoms with Crippen LogP contribution in [0.25, 0.3) is 0 Å². The summed E-state index contributed by atoms with van der Waals surface area (Å²) in [7, 11) is 0. The van der Waals surface area contributed by atoms with E-state index in [-0.39, 0.29) is 12.0 Å². The maximum atomic E-state index is 11.6. The largest absolute Gasteiger partial charge is 0.465 e. The van der Waals surface area contributed by atoms with Crippen molar-refractivity contribution in [1.29, 1.82) is 0 Å². The minimum Gasteiger partial charge on any atom is -0.465 e. The van der Waals surface area contributed by atoms with E-state index in [1.807, 2.05) is 13.8 Å². The Balaban J connectivity index is 2.28. The third-order valence-electron chi connectivity index (χ3n) is 3.40. The molecular formula is C13H26N2O2. The zero-order chi connectivity index (χ0) is 12.7. The molecule has 0 aliphatic carbocycles. The standard InChI is InChI=1S/C13H26N2O2/c1-4-12(13(16)17-5-2)14-10-11(3)15-8-6-7-9-15/h11-12,14H,4-10H2,1-3H3. The van der Waals surface area contributed by atoms with Gasteiger partial charge in [-0.05, 0) is 46.2 Å². The van der Waals surface area contributed by atoms with Crippen LogP contribution in [0.1, 0.15) is 40.0 Å². The Kier molecular flexibility index (Phi) is 6.52. The average molecular weight is 242 g/mol. The Hall–Kier alpha value is -0.610.